The summed E-state index contributed by atoms with van der Waals surface area (Å²) in [6.45, 7) is 2.92. The van der Waals surface area contributed by atoms with E-state index in [0.29, 0.717) is 30.2 Å². The number of nitrogens with one attached hydrogen (secondary N) is 1. The van der Waals surface area contributed by atoms with Crippen molar-refractivity contribution in [1.82, 2.24) is 5.32 Å². The number of rotatable bonds is 8. The molecule has 0 bridgehead atoms. The van der Waals surface area contributed by atoms with E-state index in [1.165, 1.54) is 5.56 Å². The molecular weight excluding hydrogens is 306 g/mol. The van der Waals surface area contributed by atoms with Gasteiger partial charge in [-0.15, -0.1) is 0 Å². The largest absolute Gasteiger partial charge is 0.497 e. The summed E-state index contributed by atoms with van der Waals surface area (Å²) >= 11 is 0. The van der Waals surface area contributed by atoms with Gasteiger partial charge in [-0.25, -0.2) is 0 Å². The van der Waals surface area contributed by atoms with Gasteiger partial charge in [0.1, 0.15) is 23.9 Å². The van der Waals surface area contributed by atoms with E-state index in [9.17, 15) is 4.79 Å². The van der Waals surface area contributed by atoms with E-state index < -0.39 is 0 Å². The minimum atomic E-state index is -0.197. The average Bonchev–Trinajstić information content (AvgIpc) is 2.64. The Bertz CT molecular complexity index is 645. The summed E-state index contributed by atoms with van der Waals surface area (Å²) in [5.41, 5.74) is 1.75. The highest BCUT2D eigenvalue weighted by molar-refractivity contribution is 5.95. The minimum absolute atomic E-state index is 0.197. The average molecular weight is 329 g/mol. The molecule has 2 aromatic carbocycles. The zero-order valence-electron chi connectivity index (χ0n) is 14.3. The lowest BCUT2D eigenvalue weighted by molar-refractivity contribution is 0.0946. The molecular formula is C19H23NO4. The SMILES string of the molecule is CCc1ccc(OCCNC(=O)c2cc(OC)cc(OC)c2)cc1. The van der Waals surface area contributed by atoms with Crippen LogP contribution in [0.4, 0.5) is 0 Å². The van der Waals surface area contributed by atoms with Gasteiger partial charge in [-0.1, -0.05) is 19.1 Å². The number of methoxy groups -OCH3 is 2. The van der Waals surface area contributed by atoms with E-state index in [2.05, 4.69) is 12.2 Å². The molecule has 128 valence electrons. The second-order valence-corrected chi connectivity index (χ2v) is 5.20. The molecule has 0 aromatic heterocycles. The summed E-state index contributed by atoms with van der Waals surface area (Å²) in [7, 11) is 3.10. The standard InChI is InChI=1S/C19H23NO4/c1-4-14-5-7-16(8-6-14)24-10-9-20-19(21)15-11-17(22-2)13-18(12-15)23-3/h5-8,11-13H,4,9-10H2,1-3H3,(H,20,21). The van der Waals surface area contributed by atoms with Gasteiger partial charge in [-0.05, 0) is 36.2 Å². The van der Waals surface area contributed by atoms with Crippen molar-refractivity contribution in [2.75, 3.05) is 27.4 Å². The molecule has 1 N–H and O–H groups in total. The van der Waals surface area contributed by atoms with Crippen molar-refractivity contribution in [2.24, 2.45) is 0 Å². The third-order valence-electron chi connectivity index (χ3n) is 3.60. The molecule has 0 aliphatic heterocycles. The summed E-state index contributed by atoms with van der Waals surface area (Å²) in [6.07, 6.45) is 1.00. The molecule has 0 saturated carbocycles. The number of benzene rings is 2. The fourth-order valence-corrected chi connectivity index (χ4v) is 2.20. The molecule has 1 amide bonds. The predicted octanol–water partition coefficient (Wildman–Crippen LogP) is 3.08. The molecule has 5 nitrogen and oxygen atoms in total. The van der Waals surface area contributed by atoms with E-state index in [0.717, 1.165) is 12.2 Å². The fourth-order valence-electron chi connectivity index (χ4n) is 2.20. The van der Waals surface area contributed by atoms with Gasteiger partial charge in [-0.2, -0.15) is 0 Å². The highest BCUT2D eigenvalue weighted by atomic mass is 16.5. The molecule has 0 unspecified atom stereocenters. The molecule has 0 fully saturated rings. The summed E-state index contributed by atoms with van der Waals surface area (Å²) in [5.74, 6) is 1.75. The lowest BCUT2D eigenvalue weighted by Gasteiger charge is -2.10. The molecule has 2 rings (SSSR count). The molecule has 0 spiro atoms. The Kier molecular flexibility index (Phi) is 6.49. The van der Waals surface area contributed by atoms with Gasteiger partial charge in [0.2, 0.25) is 0 Å². The van der Waals surface area contributed by atoms with Gasteiger partial charge in [0, 0.05) is 11.6 Å². The monoisotopic (exact) mass is 329 g/mol. The first kappa shape index (κ1) is 17.7. The Morgan fingerprint density at radius 3 is 2.12 bits per heavy atom. The third-order valence-corrected chi connectivity index (χ3v) is 3.60. The Balaban J connectivity index is 1.84. The van der Waals surface area contributed by atoms with Crippen LogP contribution in [0.15, 0.2) is 42.5 Å². The normalized spacial score (nSPS) is 10.1. The first-order chi connectivity index (χ1) is 11.7. The van der Waals surface area contributed by atoms with Gasteiger partial charge in [0.25, 0.3) is 5.91 Å². The van der Waals surface area contributed by atoms with Crippen molar-refractivity contribution in [2.45, 2.75) is 13.3 Å². The van der Waals surface area contributed by atoms with Crippen LogP contribution in [-0.2, 0) is 6.42 Å². The maximum Gasteiger partial charge on any atom is 0.251 e. The van der Waals surface area contributed by atoms with E-state index in [1.807, 2.05) is 24.3 Å². The van der Waals surface area contributed by atoms with Crippen LogP contribution in [0.2, 0.25) is 0 Å². The number of amides is 1. The summed E-state index contributed by atoms with van der Waals surface area (Å²) in [5, 5.41) is 2.82. The minimum Gasteiger partial charge on any atom is -0.497 e. The Morgan fingerprint density at radius 2 is 1.58 bits per heavy atom. The quantitative estimate of drug-likeness (QED) is 0.756. The zero-order valence-corrected chi connectivity index (χ0v) is 14.3. The first-order valence-corrected chi connectivity index (χ1v) is 7.89. The number of hydrogen-bond acceptors (Lipinski definition) is 4. The van der Waals surface area contributed by atoms with E-state index in [1.54, 1.807) is 32.4 Å². The maximum absolute atomic E-state index is 12.2. The van der Waals surface area contributed by atoms with Crippen LogP contribution >= 0.6 is 0 Å². The van der Waals surface area contributed by atoms with Gasteiger partial charge in [0.15, 0.2) is 0 Å². The molecule has 2 aromatic rings. The van der Waals surface area contributed by atoms with Crippen molar-refractivity contribution in [3.8, 4) is 17.2 Å². The van der Waals surface area contributed by atoms with Crippen molar-refractivity contribution < 1.29 is 19.0 Å². The Morgan fingerprint density at radius 1 is 0.958 bits per heavy atom. The van der Waals surface area contributed by atoms with Gasteiger partial charge in [0.05, 0.1) is 20.8 Å². The number of ether oxygens (including phenoxy) is 3. The lowest BCUT2D eigenvalue weighted by Crippen LogP contribution is -2.28. The molecule has 5 heteroatoms. The van der Waals surface area contributed by atoms with Crippen molar-refractivity contribution >= 4 is 5.91 Å². The van der Waals surface area contributed by atoms with Gasteiger partial charge >= 0.3 is 0 Å². The van der Waals surface area contributed by atoms with E-state index in [-0.39, 0.29) is 5.91 Å². The summed E-state index contributed by atoms with van der Waals surface area (Å²) in [4.78, 5) is 12.2. The number of carbonyl (C=O) groups excluding carboxylic acids is 1. The number of hydrogen-bond donors (Lipinski definition) is 1. The number of aryl methyl sites for hydroxylation is 1. The van der Waals surface area contributed by atoms with E-state index >= 15 is 0 Å². The first-order valence-electron chi connectivity index (χ1n) is 7.89. The van der Waals surface area contributed by atoms with E-state index in [4.69, 9.17) is 14.2 Å². The van der Waals surface area contributed by atoms with Crippen LogP contribution < -0.4 is 19.5 Å². The van der Waals surface area contributed by atoms with Gasteiger partial charge in [-0.3, -0.25) is 4.79 Å². The summed E-state index contributed by atoms with van der Waals surface area (Å²) < 4.78 is 15.9. The highest BCUT2D eigenvalue weighted by Gasteiger charge is 2.09. The molecule has 0 saturated heterocycles. The van der Waals surface area contributed by atoms with Crippen LogP contribution in [0.1, 0.15) is 22.8 Å². The Hall–Kier alpha value is -2.69. The van der Waals surface area contributed by atoms with Gasteiger partial charge < -0.3 is 19.5 Å². The molecule has 0 heterocycles. The van der Waals surface area contributed by atoms with Crippen molar-refractivity contribution in [3.63, 3.8) is 0 Å². The second kappa shape index (κ2) is 8.82. The smallest absolute Gasteiger partial charge is 0.251 e. The molecule has 0 aliphatic rings. The topological polar surface area (TPSA) is 56.8 Å². The molecule has 0 radical (unpaired) electrons. The van der Waals surface area contributed by atoms with Crippen molar-refractivity contribution in [1.29, 1.82) is 0 Å². The third kappa shape index (κ3) is 4.91. The van der Waals surface area contributed by atoms with Crippen LogP contribution in [-0.4, -0.2) is 33.3 Å². The van der Waals surface area contributed by atoms with Crippen LogP contribution in [0, 0.1) is 0 Å². The predicted molar refractivity (Wildman–Crippen MR) is 93.2 cm³/mol. The van der Waals surface area contributed by atoms with Crippen molar-refractivity contribution in [3.05, 3.63) is 53.6 Å². The highest BCUT2D eigenvalue weighted by Crippen LogP contribution is 2.22. The number of carbonyl (C=O) groups is 1. The fraction of sp³-hybridized carbons (Fsp3) is 0.316. The van der Waals surface area contributed by atoms with Crippen LogP contribution in [0.3, 0.4) is 0 Å². The molecule has 0 atom stereocenters. The molecule has 24 heavy (non-hydrogen) atoms. The lowest BCUT2D eigenvalue weighted by atomic mass is 10.2. The van der Waals surface area contributed by atoms with Crippen LogP contribution in [0.5, 0.6) is 17.2 Å². The summed E-state index contributed by atoms with van der Waals surface area (Å²) in [6, 6.07) is 13.0. The van der Waals surface area contributed by atoms with Crippen LogP contribution in [0.25, 0.3) is 0 Å². The maximum atomic E-state index is 12.2. The zero-order chi connectivity index (χ0) is 17.4. The second-order valence-electron chi connectivity index (χ2n) is 5.20. The molecule has 0 aliphatic carbocycles. The Labute approximate surface area is 142 Å².